The molecule has 302 valence electrons. The number of hydrogen-bond donors (Lipinski definition) is 5. The zero-order valence-corrected chi connectivity index (χ0v) is 32.3. The molecular weight excluding hydrogens is 732 g/mol. The highest BCUT2D eigenvalue weighted by Crippen LogP contribution is 2.21. The van der Waals surface area contributed by atoms with Crippen LogP contribution in [0.15, 0.2) is 91.1 Å². The van der Waals surface area contributed by atoms with Gasteiger partial charge < -0.3 is 41.0 Å². The molecule has 0 fully saturated rings. The number of nitrogens with zero attached hydrogens (tertiary/aromatic N) is 1. The summed E-state index contributed by atoms with van der Waals surface area (Å²) in [7, 11) is 2.55. The van der Waals surface area contributed by atoms with E-state index < -0.39 is 78.5 Å². The maximum absolute atomic E-state index is 14.3. The van der Waals surface area contributed by atoms with E-state index in [2.05, 4.69) is 25.7 Å². The number of para-hydroxylation sites is 1. The van der Waals surface area contributed by atoms with Gasteiger partial charge in [0.05, 0.1) is 13.5 Å². The number of aromatic amines is 1. The fourth-order valence-electron chi connectivity index (χ4n) is 6.25. The van der Waals surface area contributed by atoms with E-state index >= 15 is 0 Å². The summed E-state index contributed by atoms with van der Waals surface area (Å²) in [4.78, 5) is 97.2. The molecule has 3 aromatic carbocycles. The van der Waals surface area contributed by atoms with Crippen LogP contribution in [0.3, 0.4) is 0 Å². The van der Waals surface area contributed by atoms with Crippen LogP contribution in [-0.2, 0) is 62.5 Å². The molecule has 0 saturated heterocycles. The molecule has 6 N–H and O–H groups in total. The van der Waals surface area contributed by atoms with Crippen molar-refractivity contribution in [2.24, 2.45) is 5.73 Å². The van der Waals surface area contributed by atoms with Gasteiger partial charge in [0.25, 0.3) is 0 Å². The first-order valence-electron chi connectivity index (χ1n) is 18.7. The molecular formula is C42H50N6O9. The summed E-state index contributed by atoms with van der Waals surface area (Å²) in [6.45, 7) is 1.81. The average Bonchev–Trinajstić information content (AvgIpc) is 3.62. The first-order chi connectivity index (χ1) is 27.4. The second-order valence-corrected chi connectivity index (χ2v) is 13.6. The van der Waals surface area contributed by atoms with Gasteiger partial charge in [0.1, 0.15) is 37.2 Å². The minimum atomic E-state index is -1.53. The van der Waals surface area contributed by atoms with E-state index in [0.29, 0.717) is 29.5 Å². The number of primary amides is 1. The zero-order valence-electron chi connectivity index (χ0n) is 32.3. The van der Waals surface area contributed by atoms with Gasteiger partial charge in [-0.3, -0.25) is 33.6 Å². The number of methoxy groups -OCH3 is 1. The van der Waals surface area contributed by atoms with Crippen LogP contribution in [0.5, 0.6) is 0 Å². The van der Waals surface area contributed by atoms with Gasteiger partial charge in [0.2, 0.25) is 29.5 Å². The minimum absolute atomic E-state index is 0.0103. The number of likely N-dealkylation sites (N-methyl/N-ethyl adjacent to an activating group) is 1. The van der Waals surface area contributed by atoms with E-state index in [4.69, 9.17) is 10.5 Å². The topological polar surface area (TPSA) is 219 Å². The second kappa shape index (κ2) is 21.5. The summed E-state index contributed by atoms with van der Waals surface area (Å²) in [6, 6.07) is 20.0. The van der Waals surface area contributed by atoms with E-state index in [-0.39, 0.29) is 25.9 Å². The number of rotatable bonds is 21. The van der Waals surface area contributed by atoms with Crippen molar-refractivity contribution < 1.29 is 43.0 Å². The van der Waals surface area contributed by atoms with Crippen LogP contribution in [0.25, 0.3) is 10.9 Å². The molecule has 0 aliphatic heterocycles. The molecule has 4 rings (SSSR count). The second-order valence-electron chi connectivity index (χ2n) is 13.6. The van der Waals surface area contributed by atoms with Crippen molar-refractivity contribution in [2.75, 3.05) is 14.2 Å². The van der Waals surface area contributed by atoms with Crippen molar-refractivity contribution in [1.82, 2.24) is 25.8 Å². The van der Waals surface area contributed by atoms with E-state index in [1.165, 1.54) is 11.9 Å². The van der Waals surface area contributed by atoms with Gasteiger partial charge in [-0.1, -0.05) is 98.6 Å². The lowest BCUT2D eigenvalue weighted by Crippen LogP contribution is -2.59. The number of nitrogens with two attached hydrogens (primary N) is 1. The number of nitrogens with one attached hydrogen (secondary N) is 4. The highest BCUT2D eigenvalue weighted by atomic mass is 16.5. The third kappa shape index (κ3) is 13.0. The van der Waals surface area contributed by atoms with Crippen LogP contribution >= 0.6 is 0 Å². The van der Waals surface area contributed by atoms with Crippen molar-refractivity contribution in [3.8, 4) is 0 Å². The summed E-state index contributed by atoms with van der Waals surface area (Å²) in [6.07, 6.45) is 1.84. The maximum atomic E-state index is 14.3. The molecule has 0 unspecified atom stereocenters. The lowest BCUT2D eigenvalue weighted by molar-refractivity contribution is -0.148. The molecule has 0 radical (unpaired) electrons. The van der Waals surface area contributed by atoms with Gasteiger partial charge in [-0.25, -0.2) is 0 Å². The first kappa shape index (κ1) is 43.2. The smallest absolute Gasteiger partial charge is 0.315 e. The molecule has 0 aliphatic carbocycles. The zero-order chi connectivity index (χ0) is 41.3. The quantitative estimate of drug-likeness (QED) is 0.0619. The Balaban J connectivity index is 1.60. The lowest BCUT2D eigenvalue weighted by Gasteiger charge is -2.32. The van der Waals surface area contributed by atoms with Crippen molar-refractivity contribution >= 4 is 52.4 Å². The summed E-state index contributed by atoms with van der Waals surface area (Å²) in [5.41, 5.74) is 8.59. The van der Waals surface area contributed by atoms with E-state index in [1.807, 2.05) is 37.3 Å². The van der Waals surface area contributed by atoms with Crippen LogP contribution < -0.4 is 21.7 Å². The monoisotopic (exact) mass is 782 g/mol. The van der Waals surface area contributed by atoms with E-state index in [9.17, 15) is 33.6 Å². The number of amides is 5. The number of H-pyrrole nitrogens is 1. The van der Waals surface area contributed by atoms with Gasteiger partial charge in [0.15, 0.2) is 0 Å². The minimum Gasteiger partial charge on any atom is -0.469 e. The van der Waals surface area contributed by atoms with E-state index in [1.54, 1.807) is 60.8 Å². The third-order valence-corrected chi connectivity index (χ3v) is 9.40. The normalized spacial score (nSPS) is 13.0. The third-order valence-electron chi connectivity index (χ3n) is 9.40. The van der Waals surface area contributed by atoms with Crippen LogP contribution in [-0.4, -0.2) is 89.7 Å². The Morgan fingerprint density at radius 3 is 2.04 bits per heavy atom. The Labute approximate surface area is 331 Å². The van der Waals surface area contributed by atoms with Gasteiger partial charge in [0, 0.05) is 37.0 Å². The largest absolute Gasteiger partial charge is 0.469 e. The molecule has 15 heteroatoms. The van der Waals surface area contributed by atoms with Crippen molar-refractivity contribution in [1.29, 1.82) is 0 Å². The molecule has 0 spiro atoms. The SMILES string of the molecule is CCCC[C@@H](C(=O)N[C@@H](CC(=O)OCc1ccccc1)C(=O)N[C@@H](Cc1ccccc1)C(N)=O)N(C)C(=O)[C@H](Cc1c[nH]c2ccccc12)NC(=O)CC(=O)OC. The van der Waals surface area contributed by atoms with Crippen molar-refractivity contribution in [3.63, 3.8) is 0 Å². The molecule has 0 bridgehead atoms. The molecule has 5 amide bonds. The van der Waals surface area contributed by atoms with Crippen LogP contribution in [0.4, 0.5) is 0 Å². The predicted octanol–water partition coefficient (Wildman–Crippen LogP) is 2.61. The summed E-state index contributed by atoms with van der Waals surface area (Å²) in [5, 5.41) is 8.66. The van der Waals surface area contributed by atoms with Crippen LogP contribution in [0.2, 0.25) is 0 Å². The molecule has 0 saturated carbocycles. The number of ether oxygens (including phenoxy) is 2. The Hall–Kier alpha value is -6.51. The lowest BCUT2D eigenvalue weighted by atomic mass is 10.0. The summed E-state index contributed by atoms with van der Waals surface area (Å²) < 4.78 is 10.1. The van der Waals surface area contributed by atoms with E-state index in [0.717, 1.165) is 18.0 Å². The molecule has 1 aromatic heterocycles. The maximum Gasteiger partial charge on any atom is 0.315 e. The molecule has 15 nitrogen and oxygen atoms in total. The number of benzene rings is 3. The summed E-state index contributed by atoms with van der Waals surface area (Å²) in [5.74, 6) is -5.46. The van der Waals surface area contributed by atoms with Crippen LogP contribution in [0.1, 0.15) is 55.7 Å². The summed E-state index contributed by atoms with van der Waals surface area (Å²) >= 11 is 0. The average molecular weight is 783 g/mol. The number of hydrogen-bond acceptors (Lipinski definition) is 9. The van der Waals surface area contributed by atoms with Gasteiger partial charge in [-0.2, -0.15) is 0 Å². The molecule has 4 atom stereocenters. The number of carbonyl (C=O) groups is 7. The fraction of sp³-hybridized carbons (Fsp3) is 0.357. The van der Waals surface area contributed by atoms with Gasteiger partial charge in [-0.05, 0) is 29.2 Å². The number of unbranched alkanes of at least 4 members (excludes halogenated alkanes) is 1. The number of aromatic nitrogens is 1. The Kier molecular flexibility index (Phi) is 16.3. The first-order valence-corrected chi connectivity index (χ1v) is 18.7. The van der Waals surface area contributed by atoms with Crippen molar-refractivity contribution in [2.45, 2.75) is 82.6 Å². The number of fused-ring (bicyclic) bond motifs is 1. The van der Waals surface area contributed by atoms with Crippen molar-refractivity contribution in [3.05, 3.63) is 108 Å². The van der Waals surface area contributed by atoms with Gasteiger partial charge in [-0.15, -0.1) is 0 Å². The molecule has 4 aromatic rings. The standard InChI is InChI=1S/C42H50N6O9/c1-4-5-20-35(48(2)42(55)34(45-36(49)24-37(50)56-3)22-29-25-44-31-19-13-12-18-30(29)31)41(54)47-33(23-38(51)57-26-28-16-10-7-11-17-28)40(53)46-32(39(43)52)21-27-14-8-6-9-15-27/h6-19,25,32-35,44H,4-5,20-24,26H2,1-3H3,(H2,43,52)(H,45,49)(H,46,53)(H,47,54)/t32-,33-,34-,35-/m0/s1. The predicted molar refractivity (Wildman–Crippen MR) is 211 cm³/mol. The Morgan fingerprint density at radius 1 is 0.754 bits per heavy atom. The highest BCUT2D eigenvalue weighted by molar-refractivity contribution is 5.99. The number of esters is 2. The molecule has 0 aliphatic rings. The fourth-order valence-corrected chi connectivity index (χ4v) is 6.25. The Bertz CT molecular complexity index is 2000. The molecule has 57 heavy (non-hydrogen) atoms. The number of carbonyl (C=O) groups excluding carboxylic acids is 7. The highest BCUT2D eigenvalue weighted by Gasteiger charge is 2.36. The molecule has 1 heterocycles. The Morgan fingerprint density at radius 2 is 1.39 bits per heavy atom. The van der Waals surface area contributed by atoms with Crippen LogP contribution in [0, 0.1) is 0 Å². The van der Waals surface area contributed by atoms with Gasteiger partial charge >= 0.3 is 11.9 Å².